The topological polar surface area (TPSA) is 0 Å². The highest BCUT2D eigenvalue weighted by molar-refractivity contribution is 6.28. The molecule has 0 amide bonds. The van der Waals surface area contributed by atoms with Gasteiger partial charge in [0.25, 0.3) is 0 Å². The fourth-order valence-electron chi connectivity index (χ4n) is 22.6. The average molecular weight is 1830 g/mol. The van der Waals surface area contributed by atoms with Gasteiger partial charge in [-0.25, -0.2) is 0 Å². The zero-order valence-electron chi connectivity index (χ0n) is 92.9. The number of hydrogen-bond acceptors (Lipinski definition) is 0. The van der Waals surface area contributed by atoms with E-state index in [4.69, 9.17) is 0 Å². The predicted molar refractivity (Wildman–Crippen MR) is 628 cm³/mol. The van der Waals surface area contributed by atoms with E-state index in [1.54, 1.807) is 11.1 Å². The van der Waals surface area contributed by atoms with Crippen LogP contribution in [-0.4, -0.2) is 0 Å². The third kappa shape index (κ3) is 19.4. The molecular formula is C138H168. The summed E-state index contributed by atoms with van der Waals surface area (Å²) in [7, 11) is 0. The molecule has 138 heavy (non-hydrogen) atoms. The van der Waals surface area contributed by atoms with Crippen LogP contribution in [-0.2, 0) is 62.6 Å². The summed E-state index contributed by atoms with van der Waals surface area (Å²) in [4.78, 5) is 0. The molecule has 720 valence electrons. The second-order valence-corrected chi connectivity index (χ2v) is 48.8. The number of benzene rings is 18. The Bertz CT molecular complexity index is 7350. The quantitative estimate of drug-likeness (QED) is 0.133. The van der Waals surface area contributed by atoms with Crippen LogP contribution in [0.25, 0.3) is 164 Å². The van der Waals surface area contributed by atoms with Gasteiger partial charge in [0.05, 0.1) is 0 Å². The number of rotatable bonds is 0. The Hall–Kier alpha value is -10.9. The number of allylic oxidation sites excluding steroid dienone is 5. The maximum Gasteiger partial charge on any atom is 0.00824 e. The molecule has 0 heteroatoms. The summed E-state index contributed by atoms with van der Waals surface area (Å²) in [5, 5.41) is 36.9. The lowest BCUT2D eigenvalue weighted by Crippen LogP contribution is -2.21. The minimum atomic E-state index is 0.110. The van der Waals surface area contributed by atoms with E-state index in [-0.39, 0.29) is 54.1 Å². The molecule has 0 saturated carbocycles. The lowest BCUT2D eigenvalue weighted by Gasteiger charge is -2.36. The fraction of sp³-hybridized carbons (Fsp3) is 0.391. The van der Waals surface area contributed by atoms with Gasteiger partial charge in [-0.15, -0.1) is 0 Å². The standard InChI is InChI=1S/2C28H30.3C24H26.5C2H6/c1-27(2,3)21-15-13-17-9-8-12-20-23(17)25(21)19-11-7-10-18-14-16-22(28(4,5)6)26(20)24(18)19;1-27(2,3)21-15-13-18-14-16-22(28(4,5)6)26-20-12-8-10-17-9-7-11-19(23(17)20)25(21)24(18)26;1-23(2,3)19-13-9-15-8-12-18-20(24(4,5)6)14-10-16-7-11-17(19)21(15)22(16)18;1-23(2,3)19-11-15-7-9-17-13-20(24(4,5)6)14-18-10-8-16(12-19)21(15)22(17)18;1-23(2,3)19-13-15-9-7-10-16-14-20(24(4,5)6)18-12-8-11-17(19)22(18)21(15)16;5*1-2/h7-11,13,15-16H,12,14H2,1-6H3;7-9,11-16,22H,10H2,1-6H3;3*7-14H,1-6H3;5*1-2H3. The van der Waals surface area contributed by atoms with E-state index in [2.05, 4.69) is 457 Å². The molecule has 18 aromatic rings. The van der Waals surface area contributed by atoms with Crippen LogP contribution in [0.15, 0.2) is 231 Å². The summed E-state index contributed by atoms with van der Waals surface area (Å²) in [6, 6.07) is 78.8. The van der Waals surface area contributed by atoms with Gasteiger partial charge in [0.15, 0.2) is 0 Å². The van der Waals surface area contributed by atoms with Crippen molar-refractivity contribution in [2.45, 2.75) is 345 Å². The number of hydrogen-bond donors (Lipinski definition) is 0. The molecule has 18 aromatic carbocycles. The maximum absolute atomic E-state index is 2.49. The van der Waals surface area contributed by atoms with E-state index in [9.17, 15) is 0 Å². The van der Waals surface area contributed by atoms with E-state index < -0.39 is 0 Å². The molecule has 0 bridgehead atoms. The molecule has 1 unspecified atom stereocenters. The minimum absolute atomic E-state index is 0.110. The van der Waals surface area contributed by atoms with E-state index in [0.29, 0.717) is 5.92 Å². The SMILES string of the molecule is CC.CC.CC.CC.CC.CC(C)(C)C1=CCc2cccc3c2c1c1c2c(ccc(C(C)(C)C)c23)C=CC1.CC(C)(C)c1cc2ccc3cc(C(C)(C)C)cc4ccc(c1)c2c34.CC(C)(C)c1cc2cccc3cc(C(C)(C)C)c4cccc1c4c23.CC(C)(C)c1ccc2c3c(c4c5c(cccc5c13)CC=C4)C(C(C)(C)C)C=C2.CC(C)(C)c1ccc2ccc3c(C(C)(C)C)ccc4ccc1c2c43. The Morgan fingerprint density at radius 3 is 0.978 bits per heavy atom. The molecule has 0 N–H and O–H groups in total. The van der Waals surface area contributed by atoms with Gasteiger partial charge < -0.3 is 0 Å². The van der Waals surface area contributed by atoms with Gasteiger partial charge in [-0.2, -0.15) is 0 Å². The molecular weight excluding hydrogens is 1660 g/mol. The predicted octanol–water partition coefficient (Wildman–Crippen LogP) is 42.5. The first kappa shape index (κ1) is 104. The average Bonchev–Trinajstić information content (AvgIpc) is 0.702. The fourth-order valence-corrected chi connectivity index (χ4v) is 22.6. The van der Waals surface area contributed by atoms with Gasteiger partial charge in [-0.1, -0.05) is 514 Å². The van der Waals surface area contributed by atoms with Gasteiger partial charge in [0.1, 0.15) is 0 Å². The van der Waals surface area contributed by atoms with Crippen molar-refractivity contribution in [3.63, 3.8) is 0 Å². The van der Waals surface area contributed by atoms with Crippen LogP contribution >= 0.6 is 0 Å². The van der Waals surface area contributed by atoms with Crippen molar-refractivity contribution in [1.82, 2.24) is 0 Å². The third-order valence-electron chi connectivity index (χ3n) is 29.0. The molecule has 4 aliphatic carbocycles. The van der Waals surface area contributed by atoms with Gasteiger partial charge in [-0.3, -0.25) is 0 Å². The second-order valence-electron chi connectivity index (χ2n) is 48.8. The van der Waals surface area contributed by atoms with Crippen LogP contribution < -0.4 is 0 Å². The summed E-state index contributed by atoms with van der Waals surface area (Å²) in [6.07, 6.45) is 19.8. The molecule has 0 nitrogen and oxygen atoms in total. The van der Waals surface area contributed by atoms with E-state index >= 15 is 0 Å². The smallest absolute Gasteiger partial charge is 0.00824 e. The number of fused-ring (bicyclic) bond motifs is 4. The maximum atomic E-state index is 2.49. The van der Waals surface area contributed by atoms with E-state index in [1.165, 1.54) is 224 Å². The highest BCUT2D eigenvalue weighted by Crippen LogP contribution is 2.56. The van der Waals surface area contributed by atoms with Crippen LogP contribution in [0.1, 0.15) is 372 Å². The summed E-state index contributed by atoms with van der Waals surface area (Å²) in [5.74, 6) is 0.424. The molecule has 0 heterocycles. The zero-order chi connectivity index (χ0) is 102. The summed E-state index contributed by atoms with van der Waals surface area (Å²) < 4.78 is 0. The monoisotopic (exact) mass is 1830 g/mol. The van der Waals surface area contributed by atoms with Gasteiger partial charge in [-0.05, 0) is 320 Å². The second kappa shape index (κ2) is 38.9. The molecule has 0 saturated heterocycles. The van der Waals surface area contributed by atoms with Crippen LogP contribution in [0, 0.1) is 10.8 Å². The van der Waals surface area contributed by atoms with Crippen LogP contribution in [0.5, 0.6) is 0 Å². The highest BCUT2D eigenvalue weighted by Gasteiger charge is 2.37. The lowest BCUT2D eigenvalue weighted by atomic mass is 9.67. The molecule has 1 atom stereocenters. The molecule has 0 spiro atoms. The Morgan fingerprint density at radius 1 is 0.225 bits per heavy atom. The minimum Gasteiger partial charge on any atom is -0.0795 e. The first-order chi connectivity index (χ1) is 64.8. The van der Waals surface area contributed by atoms with E-state index in [1.807, 2.05) is 69.2 Å². The van der Waals surface area contributed by atoms with Gasteiger partial charge in [0.2, 0.25) is 0 Å². The summed E-state index contributed by atoms with van der Waals surface area (Å²) >= 11 is 0. The largest absolute Gasteiger partial charge is 0.0795 e. The van der Waals surface area contributed by atoms with Crippen LogP contribution in [0.4, 0.5) is 0 Å². The van der Waals surface area contributed by atoms with Crippen molar-refractivity contribution in [2.75, 3.05) is 0 Å². The van der Waals surface area contributed by atoms with Crippen molar-refractivity contribution in [3.05, 3.63) is 320 Å². The van der Waals surface area contributed by atoms with Crippen molar-refractivity contribution in [1.29, 1.82) is 0 Å². The first-order valence-corrected chi connectivity index (χ1v) is 52.8. The highest BCUT2D eigenvalue weighted by atomic mass is 14.4. The Kier molecular flexibility index (Phi) is 29.5. The van der Waals surface area contributed by atoms with Crippen LogP contribution in [0.2, 0.25) is 0 Å². The Balaban J connectivity index is 0.000000142. The van der Waals surface area contributed by atoms with Crippen molar-refractivity contribution >= 4 is 164 Å². The first-order valence-electron chi connectivity index (χ1n) is 52.8. The van der Waals surface area contributed by atoms with E-state index in [0.717, 1.165) is 19.3 Å². The summed E-state index contributed by atoms with van der Waals surface area (Å²) in [6.45, 7) is 89.7. The van der Waals surface area contributed by atoms with Crippen molar-refractivity contribution < 1.29 is 0 Å². The summed E-state index contributed by atoms with van der Waals surface area (Å²) in [5.41, 5.74) is 26.3. The molecule has 22 rings (SSSR count). The third-order valence-corrected chi connectivity index (χ3v) is 29.0. The van der Waals surface area contributed by atoms with Crippen molar-refractivity contribution in [2.24, 2.45) is 10.8 Å². The normalized spacial score (nSPS) is 14.2. The Labute approximate surface area is 833 Å². The molecule has 0 aliphatic heterocycles. The molecule has 4 aliphatic rings. The molecule has 0 aromatic heterocycles. The molecule has 0 radical (unpaired) electrons. The molecule has 0 fully saturated rings. The Morgan fingerprint density at radius 2 is 0.565 bits per heavy atom. The van der Waals surface area contributed by atoms with Crippen LogP contribution in [0.3, 0.4) is 0 Å². The lowest BCUT2D eigenvalue weighted by molar-refractivity contribution is 0.368. The van der Waals surface area contributed by atoms with Gasteiger partial charge in [0, 0.05) is 5.92 Å². The van der Waals surface area contributed by atoms with Gasteiger partial charge >= 0.3 is 0 Å². The van der Waals surface area contributed by atoms with Crippen molar-refractivity contribution in [3.8, 4) is 0 Å². The zero-order valence-corrected chi connectivity index (χ0v) is 92.9.